The number of carbonyl (C=O) groups excluding carboxylic acids is 2. The molecule has 0 aliphatic carbocycles. The van der Waals surface area contributed by atoms with E-state index in [0.717, 1.165) is 6.42 Å². The molecule has 8 heteroatoms. The van der Waals surface area contributed by atoms with Gasteiger partial charge in [0, 0.05) is 17.4 Å². The molecule has 0 aliphatic rings. The van der Waals surface area contributed by atoms with Gasteiger partial charge in [0.1, 0.15) is 18.0 Å². The molecule has 0 spiro atoms. The molecule has 28 heavy (non-hydrogen) atoms. The van der Waals surface area contributed by atoms with Gasteiger partial charge in [-0.2, -0.15) is 0 Å². The first kappa shape index (κ1) is 21.0. The smallest absolute Gasteiger partial charge is 0.323 e. The van der Waals surface area contributed by atoms with Crippen molar-refractivity contribution in [3.05, 3.63) is 52.4 Å². The van der Waals surface area contributed by atoms with E-state index in [2.05, 4.69) is 16.0 Å². The van der Waals surface area contributed by atoms with Crippen molar-refractivity contribution in [1.29, 1.82) is 0 Å². The molecule has 1 aromatic carbocycles. The van der Waals surface area contributed by atoms with Crippen LogP contribution in [0.15, 0.2) is 41.2 Å². The number of carbonyl (C=O) groups is 2. The Morgan fingerprint density at radius 1 is 1.11 bits per heavy atom. The van der Waals surface area contributed by atoms with Gasteiger partial charge in [0.05, 0.1) is 7.11 Å². The molecule has 3 N–H and O–H groups in total. The summed E-state index contributed by atoms with van der Waals surface area (Å²) in [5.74, 6) is 0.419. The zero-order valence-corrected chi connectivity index (χ0v) is 16.5. The zero-order chi connectivity index (χ0) is 20.7. The van der Waals surface area contributed by atoms with Crippen LogP contribution in [0.2, 0.25) is 0 Å². The second kappa shape index (κ2) is 9.59. The normalized spacial score (nSPS) is 11.4. The van der Waals surface area contributed by atoms with Crippen LogP contribution >= 0.6 is 0 Å². The molecule has 8 nitrogen and oxygen atoms in total. The maximum absolute atomic E-state index is 12.7. The van der Waals surface area contributed by atoms with Crippen LogP contribution in [0.25, 0.3) is 0 Å². The minimum absolute atomic E-state index is 0.0279. The Balaban J connectivity index is 2.09. The summed E-state index contributed by atoms with van der Waals surface area (Å²) in [6.07, 6.45) is 0.798. The lowest BCUT2D eigenvalue weighted by Gasteiger charge is -2.15. The number of hydrogen-bond donors (Lipinski definition) is 3. The lowest BCUT2D eigenvalue weighted by Crippen LogP contribution is -2.38. The Bertz CT molecular complexity index is 890. The number of methoxy groups -OCH3 is 1. The molecule has 0 aliphatic heterocycles. The average Bonchev–Trinajstić information content (AvgIpc) is 2.67. The van der Waals surface area contributed by atoms with Crippen molar-refractivity contribution in [3.63, 3.8) is 0 Å². The number of aryl methyl sites for hydroxylation is 1. The Labute approximate surface area is 163 Å². The van der Waals surface area contributed by atoms with Crippen molar-refractivity contribution in [3.8, 4) is 5.75 Å². The van der Waals surface area contributed by atoms with Crippen molar-refractivity contribution >= 4 is 23.3 Å². The van der Waals surface area contributed by atoms with Gasteiger partial charge in [0.2, 0.25) is 5.91 Å². The van der Waals surface area contributed by atoms with E-state index in [-0.39, 0.29) is 24.2 Å². The molecule has 0 unspecified atom stereocenters. The topological polar surface area (TPSA) is 101 Å². The molecule has 3 amide bonds. The number of ether oxygens (including phenoxy) is 1. The van der Waals surface area contributed by atoms with Gasteiger partial charge in [-0.05, 0) is 56.7 Å². The van der Waals surface area contributed by atoms with Crippen LogP contribution in [0.3, 0.4) is 0 Å². The molecule has 2 rings (SSSR count). The molecule has 1 atom stereocenters. The summed E-state index contributed by atoms with van der Waals surface area (Å²) < 4.78 is 6.40. The Morgan fingerprint density at radius 3 is 2.39 bits per heavy atom. The first-order valence-electron chi connectivity index (χ1n) is 9.06. The average molecular weight is 386 g/mol. The summed E-state index contributed by atoms with van der Waals surface area (Å²) >= 11 is 0. The van der Waals surface area contributed by atoms with Crippen molar-refractivity contribution < 1.29 is 14.3 Å². The van der Waals surface area contributed by atoms with E-state index >= 15 is 0 Å². The van der Waals surface area contributed by atoms with Crippen LogP contribution in [0, 0.1) is 6.92 Å². The minimum atomic E-state index is -0.554. The lowest BCUT2D eigenvalue weighted by molar-refractivity contribution is -0.122. The third kappa shape index (κ3) is 5.60. The summed E-state index contributed by atoms with van der Waals surface area (Å²) in [5.41, 5.74) is 0.834. The summed E-state index contributed by atoms with van der Waals surface area (Å²) in [4.78, 5) is 37.0. The van der Waals surface area contributed by atoms with Crippen LogP contribution in [0.4, 0.5) is 16.2 Å². The quantitative estimate of drug-likeness (QED) is 0.681. The zero-order valence-electron chi connectivity index (χ0n) is 16.5. The summed E-state index contributed by atoms with van der Waals surface area (Å²) in [6.45, 7) is 5.49. The van der Waals surface area contributed by atoms with Crippen LogP contribution in [-0.4, -0.2) is 29.7 Å². The molecule has 0 bridgehead atoms. The van der Waals surface area contributed by atoms with Gasteiger partial charge in [-0.3, -0.25) is 9.59 Å². The van der Waals surface area contributed by atoms with E-state index in [0.29, 0.717) is 17.1 Å². The summed E-state index contributed by atoms with van der Waals surface area (Å²) in [6, 6.07) is 9.47. The van der Waals surface area contributed by atoms with Gasteiger partial charge in [-0.15, -0.1) is 0 Å². The van der Waals surface area contributed by atoms with Gasteiger partial charge in [0.25, 0.3) is 5.56 Å². The highest BCUT2D eigenvalue weighted by atomic mass is 16.5. The van der Waals surface area contributed by atoms with E-state index in [1.165, 1.54) is 10.6 Å². The van der Waals surface area contributed by atoms with Crippen LogP contribution in [-0.2, 0) is 11.3 Å². The number of amides is 3. The summed E-state index contributed by atoms with van der Waals surface area (Å²) in [7, 11) is 1.56. The molecule has 2 aromatic rings. The highest BCUT2D eigenvalue weighted by Crippen LogP contribution is 2.15. The van der Waals surface area contributed by atoms with Gasteiger partial charge in [-0.25, -0.2) is 4.79 Å². The van der Waals surface area contributed by atoms with E-state index in [1.807, 2.05) is 13.8 Å². The van der Waals surface area contributed by atoms with Crippen LogP contribution in [0.5, 0.6) is 5.75 Å². The molecular weight excluding hydrogens is 360 g/mol. The number of pyridine rings is 1. The monoisotopic (exact) mass is 386 g/mol. The van der Waals surface area contributed by atoms with E-state index in [1.54, 1.807) is 44.4 Å². The highest BCUT2D eigenvalue weighted by Gasteiger charge is 2.13. The Morgan fingerprint density at radius 2 is 1.79 bits per heavy atom. The predicted octanol–water partition coefficient (Wildman–Crippen LogP) is 2.72. The number of anilines is 2. The summed E-state index contributed by atoms with van der Waals surface area (Å²) in [5, 5.41) is 8.00. The predicted molar refractivity (Wildman–Crippen MR) is 109 cm³/mol. The maximum atomic E-state index is 12.7. The first-order chi connectivity index (χ1) is 13.3. The molecule has 0 saturated carbocycles. The highest BCUT2D eigenvalue weighted by molar-refractivity contribution is 5.99. The largest absolute Gasteiger partial charge is 0.497 e. The SMILES string of the molecule is CC[C@H](C)NC(=O)Cn1c(C)ccc(NC(=O)Nc2ccc(OC)cc2)c1=O. The fourth-order valence-electron chi connectivity index (χ4n) is 2.49. The van der Waals surface area contributed by atoms with Gasteiger partial charge < -0.3 is 25.3 Å². The number of rotatable bonds is 7. The van der Waals surface area contributed by atoms with Crippen molar-refractivity contribution in [1.82, 2.24) is 9.88 Å². The van der Waals surface area contributed by atoms with Gasteiger partial charge in [-0.1, -0.05) is 6.92 Å². The molecule has 0 fully saturated rings. The van der Waals surface area contributed by atoms with Crippen LogP contribution < -0.4 is 26.2 Å². The fourth-order valence-corrected chi connectivity index (χ4v) is 2.49. The number of hydrogen-bond acceptors (Lipinski definition) is 4. The van der Waals surface area contributed by atoms with E-state index in [9.17, 15) is 14.4 Å². The second-order valence-corrected chi connectivity index (χ2v) is 6.46. The molecule has 1 aromatic heterocycles. The molecule has 1 heterocycles. The number of urea groups is 1. The van der Waals surface area contributed by atoms with Gasteiger partial charge in [0.15, 0.2) is 0 Å². The fraction of sp³-hybridized carbons (Fsp3) is 0.350. The third-order valence-corrected chi connectivity index (χ3v) is 4.31. The van der Waals surface area contributed by atoms with E-state index < -0.39 is 11.6 Å². The van der Waals surface area contributed by atoms with Gasteiger partial charge >= 0.3 is 6.03 Å². The first-order valence-corrected chi connectivity index (χ1v) is 9.06. The third-order valence-electron chi connectivity index (χ3n) is 4.31. The second-order valence-electron chi connectivity index (χ2n) is 6.46. The molecule has 0 radical (unpaired) electrons. The van der Waals surface area contributed by atoms with Crippen molar-refractivity contribution in [2.45, 2.75) is 39.8 Å². The Hall–Kier alpha value is -3.29. The van der Waals surface area contributed by atoms with Crippen molar-refractivity contribution in [2.75, 3.05) is 17.7 Å². The van der Waals surface area contributed by atoms with Crippen molar-refractivity contribution in [2.24, 2.45) is 0 Å². The molecule has 150 valence electrons. The number of nitrogens with one attached hydrogen (secondary N) is 3. The number of benzene rings is 1. The minimum Gasteiger partial charge on any atom is -0.497 e. The lowest BCUT2D eigenvalue weighted by atomic mass is 10.2. The van der Waals surface area contributed by atoms with Crippen LogP contribution in [0.1, 0.15) is 26.0 Å². The Kier molecular flexibility index (Phi) is 7.20. The number of aromatic nitrogens is 1. The number of nitrogens with zero attached hydrogens (tertiary/aromatic N) is 1. The molecular formula is C20H26N4O4. The molecule has 0 saturated heterocycles. The maximum Gasteiger partial charge on any atom is 0.323 e. The standard InChI is InChI=1S/C20H26N4O4/c1-5-13(2)21-18(25)12-24-14(3)6-11-17(19(24)26)23-20(27)22-15-7-9-16(28-4)10-8-15/h6-11,13H,5,12H2,1-4H3,(H,21,25)(H2,22,23,27)/t13-/m0/s1. The van der Waals surface area contributed by atoms with E-state index in [4.69, 9.17) is 4.74 Å².